The van der Waals surface area contributed by atoms with E-state index in [0.29, 0.717) is 37.6 Å². The van der Waals surface area contributed by atoms with Crippen molar-refractivity contribution in [1.29, 1.82) is 0 Å². The van der Waals surface area contributed by atoms with E-state index < -0.39 is 0 Å². The van der Waals surface area contributed by atoms with Crippen LogP contribution in [0.1, 0.15) is 20.0 Å². The van der Waals surface area contributed by atoms with Gasteiger partial charge in [0.15, 0.2) is 0 Å². The summed E-state index contributed by atoms with van der Waals surface area (Å²) in [6.07, 6.45) is 1.27. The molecular formula is C18H16N4O3S. The number of benzene rings is 1. The van der Waals surface area contributed by atoms with E-state index in [0.717, 1.165) is 10.4 Å². The van der Waals surface area contributed by atoms with Crippen LogP contribution in [0.2, 0.25) is 0 Å². The van der Waals surface area contributed by atoms with Crippen molar-refractivity contribution >= 4 is 23.2 Å². The van der Waals surface area contributed by atoms with Crippen molar-refractivity contribution in [2.24, 2.45) is 0 Å². The van der Waals surface area contributed by atoms with Crippen LogP contribution >= 0.6 is 11.3 Å². The smallest absolute Gasteiger partial charge is 0.264 e. The summed E-state index contributed by atoms with van der Waals surface area (Å²) in [7, 11) is 0. The van der Waals surface area contributed by atoms with E-state index in [4.69, 9.17) is 4.42 Å². The Balaban J connectivity index is 1.38. The molecule has 8 heteroatoms. The molecule has 0 radical (unpaired) electrons. The van der Waals surface area contributed by atoms with Crippen molar-refractivity contribution in [1.82, 2.24) is 20.0 Å². The number of hydrogen-bond donors (Lipinski definition) is 0. The fourth-order valence-electron chi connectivity index (χ4n) is 2.91. The third kappa shape index (κ3) is 3.23. The highest BCUT2D eigenvalue weighted by Crippen LogP contribution is 2.19. The zero-order valence-corrected chi connectivity index (χ0v) is 14.7. The third-order valence-corrected chi connectivity index (χ3v) is 5.18. The molecule has 1 aromatic carbocycles. The summed E-state index contributed by atoms with van der Waals surface area (Å²) in [5.74, 6) is 0.422. The second-order valence-corrected chi connectivity index (χ2v) is 6.83. The van der Waals surface area contributed by atoms with E-state index in [1.807, 2.05) is 17.5 Å². The topological polar surface area (TPSA) is 79.5 Å². The molecule has 0 aliphatic carbocycles. The van der Waals surface area contributed by atoms with Crippen LogP contribution in [0.25, 0.3) is 11.5 Å². The van der Waals surface area contributed by atoms with Gasteiger partial charge >= 0.3 is 0 Å². The van der Waals surface area contributed by atoms with Gasteiger partial charge in [-0.25, -0.2) is 0 Å². The second-order valence-electron chi connectivity index (χ2n) is 5.88. The van der Waals surface area contributed by atoms with Gasteiger partial charge in [0.05, 0.1) is 4.88 Å². The van der Waals surface area contributed by atoms with Crippen LogP contribution in [0.4, 0.5) is 0 Å². The molecule has 1 aliphatic heterocycles. The zero-order chi connectivity index (χ0) is 17.9. The molecular weight excluding hydrogens is 352 g/mol. The summed E-state index contributed by atoms with van der Waals surface area (Å²) in [4.78, 5) is 29.4. The predicted molar refractivity (Wildman–Crippen MR) is 95.9 cm³/mol. The molecule has 1 fully saturated rings. The molecule has 3 aromatic rings. The molecule has 0 saturated carbocycles. The number of hydrogen-bond acceptors (Lipinski definition) is 6. The van der Waals surface area contributed by atoms with Gasteiger partial charge in [-0.2, -0.15) is 0 Å². The number of carbonyl (C=O) groups is 2. The largest absolute Gasteiger partial charge is 0.423 e. The van der Waals surface area contributed by atoms with Gasteiger partial charge in [0.2, 0.25) is 12.3 Å². The molecule has 3 heterocycles. The zero-order valence-electron chi connectivity index (χ0n) is 13.9. The van der Waals surface area contributed by atoms with Crippen molar-refractivity contribution < 1.29 is 14.0 Å². The van der Waals surface area contributed by atoms with Crippen LogP contribution in [-0.4, -0.2) is 58.0 Å². The SMILES string of the molecule is O=C(c1ccc(-c2nnco2)cc1)N1CCN(C(=O)c2cccs2)CC1. The molecule has 0 spiro atoms. The maximum Gasteiger partial charge on any atom is 0.264 e. The summed E-state index contributed by atoms with van der Waals surface area (Å²) in [6, 6.07) is 10.8. The summed E-state index contributed by atoms with van der Waals surface area (Å²) >= 11 is 1.44. The van der Waals surface area contributed by atoms with Gasteiger partial charge in [-0.15, -0.1) is 21.5 Å². The van der Waals surface area contributed by atoms with Crippen molar-refractivity contribution in [2.75, 3.05) is 26.2 Å². The van der Waals surface area contributed by atoms with Crippen LogP contribution < -0.4 is 0 Å². The van der Waals surface area contributed by atoms with Crippen LogP contribution in [0.15, 0.2) is 52.6 Å². The maximum absolute atomic E-state index is 12.7. The Morgan fingerprint density at radius 3 is 2.23 bits per heavy atom. The second kappa shape index (κ2) is 7.09. The molecule has 2 aromatic heterocycles. The van der Waals surface area contributed by atoms with Gasteiger partial charge < -0.3 is 14.2 Å². The van der Waals surface area contributed by atoms with E-state index in [2.05, 4.69) is 10.2 Å². The highest BCUT2D eigenvalue weighted by Gasteiger charge is 2.25. The Kier molecular flexibility index (Phi) is 4.49. The van der Waals surface area contributed by atoms with Gasteiger partial charge in [0.1, 0.15) is 0 Å². The Morgan fingerprint density at radius 1 is 0.962 bits per heavy atom. The van der Waals surface area contributed by atoms with Gasteiger partial charge in [-0.1, -0.05) is 6.07 Å². The molecule has 132 valence electrons. The average Bonchev–Trinajstić information content (AvgIpc) is 3.41. The number of thiophene rings is 1. The minimum Gasteiger partial charge on any atom is -0.423 e. The first kappa shape index (κ1) is 16.5. The van der Waals surface area contributed by atoms with Crippen molar-refractivity contribution in [2.45, 2.75) is 0 Å². The van der Waals surface area contributed by atoms with Crippen LogP contribution in [0.5, 0.6) is 0 Å². The van der Waals surface area contributed by atoms with E-state index in [9.17, 15) is 9.59 Å². The minimum atomic E-state index is -0.0368. The lowest BCUT2D eigenvalue weighted by Gasteiger charge is -2.34. The number of aromatic nitrogens is 2. The minimum absolute atomic E-state index is 0.0368. The van der Waals surface area contributed by atoms with Crippen LogP contribution in [0, 0.1) is 0 Å². The van der Waals surface area contributed by atoms with Crippen molar-refractivity contribution in [3.05, 3.63) is 58.6 Å². The highest BCUT2D eigenvalue weighted by atomic mass is 32.1. The molecule has 1 saturated heterocycles. The van der Waals surface area contributed by atoms with E-state index >= 15 is 0 Å². The maximum atomic E-state index is 12.7. The monoisotopic (exact) mass is 368 g/mol. The first-order valence-corrected chi connectivity index (χ1v) is 9.09. The van der Waals surface area contributed by atoms with Gasteiger partial charge in [-0.05, 0) is 35.7 Å². The summed E-state index contributed by atoms with van der Waals surface area (Å²) in [6.45, 7) is 2.15. The number of nitrogens with zero attached hydrogens (tertiary/aromatic N) is 4. The van der Waals surface area contributed by atoms with Crippen LogP contribution in [-0.2, 0) is 0 Å². The fraction of sp³-hybridized carbons (Fsp3) is 0.222. The van der Waals surface area contributed by atoms with Gasteiger partial charge in [0, 0.05) is 37.3 Å². The van der Waals surface area contributed by atoms with Gasteiger partial charge in [-0.3, -0.25) is 9.59 Å². The number of amides is 2. The van der Waals surface area contributed by atoms with E-state index in [1.54, 1.807) is 34.1 Å². The van der Waals surface area contributed by atoms with E-state index in [1.165, 1.54) is 17.7 Å². The van der Waals surface area contributed by atoms with Gasteiger partial charge in [0.25, 0.3) is 11.8 Å². The van der Waals surface area contributed by atoms with E-state index in [-0.39, 0.29) is 11.8 Å². The molecule has 0 unspecified atom stereocenters. The normalized spacial score (nSPS) is 14.5. The number of piperazine rings is 1. The van der Waals surface area contributed by atoms with Crippen molar-refractivity contribution in [3.63, 3.8) is 0 Å². The first-order chi connectivity index (χ1) is 12.7. The number of carbonyl (C=O) groups excluding carboxylic acids is 2. The van der Waals surface area contributed by atoms with Crippen LogP contribution in [0.3, 0.4) is 0 Å². The molecule has 1 aliphatic rings. The average molecular weight is 368 g/mol. The molecule has 0 N–H and O–H groups in total. The predicted octanol–water partition coefficient (Wildman–Crippen LogP) is 2.40. The highest BCUT2D eigenvalue weighted by molar-refractivity contribution is 7.12. The Bertz CT molecular complexity index is 883. The molecule has 26 heavy (non-hydrogen) atoms. The fourth-order valence-corrected chi connectivity index (χ4v) is 3.60. The lowest BCUT2D eigenvalue weighted by molar-refractivity contribution is 0.0538. The molecule has 4 rings (SSSR count). The summed E-state index contributed by atoms with van der Waals surface area (Å²) in [5.41, 5.74) is 1.37. The number of rotatable bonds is 3. The molecule has 0 bridgehead atoms. The quantitative estimate of drug-likeness (QED) is 0.709. The third-order valence-electron chi connectivity index (χ3n) is 4.32. The molecule has 2 amide bonds. The Hall–Kier alpha value is -3.00. The summed E-state index contributed by atoms with van der Waals surface area (Å²) in [5, 5.41) is 9.39. The standard InChI is InChI=1S/C18H16N4O3S/c23-17(14-5-3-13(4-6-14)16-20-19-12-25-16)21-7-9-22(10-8-21)18(24)15-2-1-11-26-15/h1-6,11-12H,7-10H2. The molecule has 7 nitrogen and oxygen atoms in total. The summed E-state index contributed by atoms with van der Waals surface area (Å²) < 4.78 is 5.15. The Labute approximate surface area is 153 Å². The Morgan fingerprint density at radius 2 is 1.65 bits per heavy atom. The molecule has 0 atom stereocenters. The lowest BCUT2D eigenvalue weighted by atomic mass is 10.1. The lowest BCUT2D eigenvalue weighted by Crippen LogP contribution is -2.50. The van der Waals surface area contributed by atoms with Crippen molar-refractivity contribution in [3.8, 4) is 11.5 Å². The first-order valence-electron chi connectivity index (χ1n) is 8.21.